The topological polar surface area (TPSA) is 62.5 Å². The maximum Gasteiger partial charge on any atom is 0.244 e. The van der Waals surface area contributed by atoms with Crippen LogP contribution in [-0.4, -0.2) is 53.0 Å². The number of nitrogens with zero attached hydrogens (tertiary/aromatic N) is 4. The zero-order valence-corrected chi connectivity index (χ0v) is 15.2. The Morgan fingerprint density at radius 1 is 1.36 bits per heavy atom. The largest absolute Gasteiger partial charge is 0.340 e. The maximum atomic E-state index is 13.2. The molecule has 1 aliphatic rings. The molecule has 0 unspecified atom stereocenters. The SMILES string of the molecule is CCc1nc([C@H]2CCCN(C(=O)[C@@H](c3ccccc3)N(C)C)C2)no1. The smallest absolute Gasteiger partial charge is 0.244 e. The highest BCUT2D eigenvalue weighted by molar-refractivity contribution is 5.83. The highest BCUT2D eigenvalue weighted by Crippen LogP contribution is 2.28. The number of aryl methyl sites for hydroxylation is 1. The van der Waals surface area contributed by atoms with Gasteiger partial charge < -0.3 is 9.42 Å². The molecule has 0 spiro atoms. The third kappa shape index (κ3) is 3.90. The van der Waals surface area contributed by atoms with Crippen molar-refractivity contribution in [3.63, 3.8) is 0 Å². The van der Waals surface area contributed by atoms with E-state index in [1.54, 1.807) is 0 Å². The van der Waals surface area contributed by atoms with Crippen molar-refractivity contribution >= 4 is 5.91 Å². The maximum absolute atomic E-state index is 13.2. The van der Waals surface area contributed by atoms with Gasteiger partial charge in [-0.05, 0) is 32.5 Å². The van der Waals surface area contributed by atoms with Gasteiger partial charge in [-0.2, -0.15) is 4.98 Å². The molecular formula is C19H26N4O2. The molecule has 2 heterocycles. The van der Waals surface area contributed by atoms with Crippen molar-refractivity contribution in [3.05, 3.63) is 47.6 Å². The van der Waals surface area contributed by atoms with Crippen molar-refractivity contribution in [1.29, 1.82) is 0 Å². The minimum atomic E-state index is -0.267. The van der Waals surface area contributed by atoms with E-state index in [4.69, 9.17) is 4.52 Å². The Morgan fingerprint density at radius 3 is 2.76 bits per heavy atom. The summed E-state index contributed by atoms with van der Waals surface area (Å²) in [5.74, 6) is 1.69. The lowest BCUT2D eigenvalue weighted by molar-refractivity contribution is -0.137. The molecule has 1 aromatic heterocycles. The van der Waals surface area contributed by atoms with Crippen molar-refractivity contribution < 1.29 is 9.32 Å². The van der Waals surface area contributed by atoms with Gasteiger partial charge in [0.2, 0.25) is 11.8 Å². The predicted molar refractivity (Wildman–Crippen MR) is 95.1 cm³/mol. The van der Waals surface area contributed by atoms with Crippen molar-refractivity contribution in [3.8, 4) is 0 Å². The molecule has 0 bridgehead atoms. The van der Waals surface area contributed by atoms with E-state index in [9.17, 15) is 4.79 Å². The van der Waals surface area contributed by atoms with Crippen molar-refractivity contribution in [2.45, 2.75) is 38.1 Å². The molecule has 0 aliphatic carbocycles. The van der Waals surface area contributed by atoms with Gasteiger partial charge in [0.15, 0.2) is 5.82 Å². The highest BCUT2D eigenvalue weighted by atomic mass is 16.5. The number of aromatic nitrogens is 2. The van der Waals surface area contributed by atoms with Gasteiger partial charge in [0.25, 0.3) is 0 Å². The highest BCUT2D eigenvalue weighted by Gasteiger charge is 2.33. The predicted octanol–water partition coefficient (Wildman–Crippen LogP) is 2.64. The quantitative estimate of drug-likeness (QED) is 0.836. The van der Waals surface area contributed by atoms with E-state index in [0.717, 1.165) is 37.2 Å². The van der Waals surface area contributed by atoms with Gasteiger partial charge in [0, 0.05) is 25.4 Å². The summed E-state index contributed by atoms with van der Waals surface area (Å²) in [6.45, 7) is 3.43. The lowest BCUT2D eigenvalue weighted by atomic mass is 9.95. The summed E-state index contributed by atoms with van der Waals surface area (Å²) < 4.78 is 5.24. The molecule has 1 aromatic carbocycles. The van der Waals surface area contributed by atoms with Crippen LogP contribution in [0.5, 0.6) is 0 Å². The number of benzene rings is 1. The van der Waals surface area contributed by atoms with Crippen LogP contribution < -0.4 is 0 Å². The van der Waals surface area contributed by atoms with Gasteiger partial charge >= 0.3 is 0 Å². The Hall–Kier alpha value is -2.21. The molecule has 0 radical (unpaired) electrons. The second-order valence-electron chi connectivity index (χ2n) is 6.80. The van der Waals surface area contributed by atoms with E-state index < -0.39 is 0 Å². The average molecular weight is 342 g/mol. The van der Waals surface area contributed by atoms with E-state index in [-0.39, 0.29) is 17.9 Å². The first-order valence-electron chi connectivity index (χ1n) is 8.92. The molecule has 2 aromatic rings. The fourth-order valence-corrected chi connectivity index (χ4v) is 3.44. The molecule has 1 fully saturated rings. The average Bonchev–Trinajstić information content (AvgIpc) is 3.12. The van der Waals surface area contributed by atoms with Crippen LogP contribution in [0.25, 0.3) is 0 Å². The number of hydrogen-bond donors (Lipinski definition) is 0. The van der Waals surface area contributed by atoms with E-state index >= 15 is 0 Å². The van der Waals surface area contributed by atoms with Crippen molar-refractivity contribution in [2.75, 3.05) is 27.2 Å². The lowest BCUT2D eigenvalue weighted by Crippen LogP contribution is -2.45. The standard InChI is InChI=1S/C19H26N4O2/c1-4-16-20-18(21-25-16)15-11-8-12-23(13-15)19(24)17(22(2)3)14-9-6-5-7-10-14/h5-7,9-10,15,17H,4,8,11-13H2,1-3H3/t15-,17+/m0/s1. The minimum absolute atomic E-state index is 0.139. The van der Waals surface area contributed by atoms with Crippen LogP contribution in [-0.2, 0) is 11.2 Å². The Morgan fingerprint density at radius 2 is 2.12 bits per heavy atom. The molecule has 134 valence electrons. The number of piperidine rings is 1. The molecule has 1 amide bonds. The number of likely N-dealkylation sites (tertiary alicyclic amines) is 1. The first-order chi connectivity index (χ1) is 12.1. The Labute approximate surface area is 148 Å². The van der Waals surface area contributed by atoms with Crippen LogP contribution in [0.4, 0.5) is 0 Å². The zero-order valence-electron chi connectivity index (χ0n) is 15.2. The summed E-state index contributed by atoms with van der Waals surface area (Å²) in [5.41, 5.74) is 1.02. The number of carbonyl (C=O) groups excluding carboxylic acids is 1. The number of rotatable bonds is 5. The number of amides is 1. The van der Waals surface area contributed by atoms with E-state index in [1.807, 2.05) is 61.2 Å². The number of likely N-dealkylation sites (N-methyl/N-ethyl adjacent to an activating group) is 1. The molecule has 3 rings (SSSR count). The summed E-state index contributed by atoms with van der Waals surface area (Å²) in [6, 6.07) is 9.68. The first kappa shape index (κ1) is 17.6. The summed E-state index contributed by atoms with van der Waals surface area (Å²) in [5, 5.41) is 4.11. The van der Waals surface area contributed by atoms with Crippen molar-refractivity contribution in [1.82, 2.24) is 19.9 Å². The van der Waals surface area contributed by atoms with Gasteiger partial charge in [-0.1, -0.05) is 42.4 Å². The van der Waals surface area contributed by atoms with Crippen LogP contribution in [0.1, 0.15) is 49.0 Å². The third-order valence-corrected chi connectivity index (χ3v) is 4.75. The van der Waals surface area contributed by atoms with Gasteiger partial charge in [-0.3, -0.25) is 9.69 Å². The zero-order chi connectivity index (χ0) is 17.8. The van der Waals surface area contributed by atoms with E-state index in [2.05, 4.69) is 10.1 Å². The molecule has 1 saturated heterocycles. The van der Waals surface area contributed by atoms with Gasteiger partial charge in [0.1, 0.15) is 6.04 Å². The summed E-state index contributed by atoms with van der Waals surface area (Å²) in [7, 11) is 3.90. The summed E-state index contributed by atoms with van der Waals surface area (Å²) >= 11 is 0. The van der Waals surface area contributed by atoms with Crippen LogP contribution in [0.2, 0.25) is 0 Å². The normalized spacial score (nSPS) is 19.2. The van der Waals surface area contributed by atoms with Crippen LogP contribution in [0.3, 0.4) is 0 Å². The van der Waals surface area contributed by atoms with Crippen LogP contribution in [0.15, 0.2) is 34.9 Å². The molecule has 6 nitrogen and oxygen atoms in total. The fourth-order valence-electron chi connectivity index (χ4n) is 3.44. The Kier molecular flexibility index (Phi) is 5.48. The molecule has 0 N–H and O–H groups in total. The first-order valence-corrected chi connectivity index (χ1v) is 8.92. The van der Waals surface area contributed by atoms with Gasteiger partial charge in [0.05, 0.1) is 0 Å². The monoisotopic (exact) mass is 342 g/mol. The fraction of sp³-hybridized carbons (Fsp3) is 0.526. The Balaban J connectivity index is 1.76. The summed E-state index contributed by atoms with van der Waals surface area (Å²) in [4.78, 5) is 21.6. The van der Waals surface area contributed by atoms with Gasteiger partial charge in [-0.25, -0.2) is 0 Å². The molecule has 1 aliphatic heterocycles. The molecule has 2 atom stereocenters. The molecular weight excluding hydrogens is 316 g/mol. The molecule has 25 heavy (non-hydrogen) atoms. The second-order valence-corrected chi connectivity index (χ2v) is 6.80. The summed E-state index contributed by atoms with van der Waals surface area (Å²) in [6.07, 6.45) is 2.69. The van der Waals surface area contributed by atoms with Gasteiger partial charge in [-0.15, -0.1) is 0 Å². The van der Waals surface area contributed by atoms with Crippen molar-refractivity contribution in [2.24, 2.45) is 0 Å². The minimum Gasteiger partial charge on any atom is -0.340 e. The van der Waals surface area contributed by atoms with Crippen LogP contribution in [0, 0.1) is 0 Å². The molecule has 0 saturated carbocycles. The third-order valence-electron chi connectivity index (χ3n) is 4.75. The lowest BCUT2D eigenvalue weighted by Gasteiger charge is -2.35. The number of carbonyl (C=O) groups is 1. The van der Waals surface area contributed by atoms with Crippen LogP contribution >= 0.6 is 0 Å². The number of hydrogen-bond acceptors (Lipinski definition) is 5. The van der Waals surface area contributed by atoms with E-state index in [1.165, 1.54) is 0 Å². The van der Waals surface area contributed by atoms with E-state index in [0.29, 0.717) is 12.4 Å². The Bertz CT molecular complexity index is 698. The molecule has 6 heteroatoms. The second kappa shape index (κ2) is 7.78.